The van der Waals surface area contributed by atoms with Gasteiger partial charge in [-0.05, 0) is 30.7 Å². The second-order valence-corrected chi connectivity index (χ2v) is 5.08. The number of imidazole rings is 1. The summed E-state index contributed by atoms with van der Waals surface area (Å²) < 4.78 is 7.53. The second-order valence-electron chi connectivity index (χ2n) is 5.08. The summed E-state index contributed by atoms with van der Waals surface area (Å²) in [5.74, 6) is 1.57. The summed E-state index contributed by atoms with van der Waals surface area (Å²) in [5.41, 5.74) is 9.37. The van der Waals surface area contributed by atoms with Crippen molar-refractivity contribution in [2.45, 2.75) is 13.0 Å². The van der Waals surface area contributed by atoms with Gasteiger partial charge < -0.3 is 20.1 Å². The number of benzene rings is 2. The lowest BCUT2D eigenvalue weighted by Crippen LogP contribution is -2.03. The van der Waals surface area contributed by atoms with Crippen LogP contribution in [0.2, 0.25) is 0 Å². The van der Waals surface area contributed by atoms with Crippen LogP contribution in [0.5, 0.6) is 5.75 Å². The zero-order valence-electron chi connectivity index (χ0n) is 12.5. The summed E-state index contributed by atoms with van der Waals surface area (Å²) in [5, 5.41) is 9.17. The van der Waals surface area contributed by atoms with E-state index in [0.29, 0.717) is 18.7 Å². The Kier molecular flexibility index (Phi) is 3.98. The number of hydrogen-bond acceptors (Lipinski definition) is 4. The van der Waals surface area contributed by atoms with E-state index in [0.717, 1.165) is 28.2 Å². The minimum absolute atomic E-state index is 0.132. The average molecular weight is 297 g/mol. The van der Waals surface area contributed by atoms with Gasteiger partial charge in [-0.2, -0.15) is 0 Å². The summed E-state index contributed by atoms with van der Waals surface area (Å²) in [4.78, 5) is 4.72. The van der Waals surface area contributed by atoms with Crippen molar-refractivity contribution in [2.75, 3.05) is 19.5 Å². The van der Waals surface area contributed by atoms with Gasteiger partial charge in [0.05, 0.1) is 23.9 Å². The van der Waals surface area contributed by atoms with Crippen LogP contribution in [0.25, 0.3) is 22.4 Å². The molecule has 3 aromatic rings. The van der Waals surface area contributed by atoms with E-state index in [4.69, 9.17) is 15.5 Å². The molecule has 0 amide bonds. The number of nitrogens with zero attached hydrogens (tertiary/aromatic N) is 2. The first-order chi connectivity index (χ1) is 10.8. The Morgan fingerprint density at radius 2 is 2.00 bits per heavy atom. The van der Waals surface area contributed by atoms with E-state index < -0.39 is 0 Å². The summed E-state index contributed by atoms with van der Waals surface area (Å²) in [6.07, 6.45) is 0.655. The Morgan fingerprint density at radius 1 is 1.18 bits per heavy atom. The molecule has 114 valence electrons. The first-order valence-electron chi connectivity index (χ1n) is 7.25. The molecule has 0 radical (unpaired) electrons. The Bertz CT molecular complexity index is 796. The van der Waals surface area contributed by atoms with Crippen molar-refractivity contribution < 1.29 is 9.84 Å². The average Bonchev–Trinajstić information content (AvgIpc) is 2.92. The second kappa shape index (κ2) is 6.07. The van der Waals surface area contributed by atoms with Crippen LogP contribution in [-0.4, -0.2) is 28.4 Å². The standard InChI is InChI=1S/C17H19N3O2/c1-22-15-9-3-2-6-12(15)17-19-16-13(18)7-4-8-14(16)20(17)10-5-11-21/h2-4,6-9,21H,5,10-11,18H2,1H3. The van der Waals surface area contributed by atoms with Gasteiger partial charge in [0.25, 0.3) is 0 Å². The van der Waals surface area contributed by atoms with Crippen LogP contribution in [0, 0.1) is 0 Å². The normalized spacial score (nSPS) is 11.0. The molecule has 2 aromatic carbocycles. The minimum atomic E-state index is 0.132. The smallest absolute Gasteiger partial charge is 0.144 e. The molecule has 1 aromatic heterocycles. The summed E-state index contributed by atoms with van der Waals surface area (Å²) in [7, 11) is 1.65. The number of aliphatic hydroxyl groups excluding tert-OH is 1. The van der Waals surface area contributed by atoms with E-state index in [1.165, 1.54) is 0 Å². The van der Waals surface area contributed by atoms with Crippen LogP contribution in [0.4, 0.5) is 5.69 Å². The SMILES string of the molecule is COc1ccccc1-c1nc2c(N)cccc2n1CCCO. The fourth-order valence-electron chi connectivity index (χ4n) is 2.66. The maximum absolute atomic E-state index is 9.17. The van der Waals surface area contributed by atoms with Crippen LogP contribution < -0.4 is 10.5 Å². The van der Waals surface area contributed by atoms with Crippen molar-refractivity contribution in [3.8, 4) is 17.1 Å². The predicted octanol–water partition coefficient (Wildman–Crippen LogP) is 2.68. The summed E-state index contributed by atoms with van der Waals surface area (Å²) >= 11 is 0. The molecule has 3 N–H and O–H groups in total. The molecule has 0 atom stereocenters. The van der Waals surface area contributed by atoms with Crippen molar-refractivity contribution in [3.63, 3.8) is 0 Å². The largest absolute Gasteiger partial charge is 0.496 e. The number of aryl methyl sites for hydroxylation is 1. The van der Waals surface area contributed by atoms with Gasteiger partial charge in [0.1, 0.15) is 17.1 Å². The minimum Gasteiger partial charge on any atom is -0.496 e. The molecular formula is C17H19N3O2. The van der Waals surface area contributed by atoms with Gasteiger partial charge in [-0.15, -0.1) is 0 Å². The Balaban J connectivity index is 2.25. The van der Waals surface area contributed by atoms with E-state index >= 15 is 0 Å². The monoisotopic (exact) mass is 297 g/mol. The number of rotatable bonds is 5. The Morgan fingerprint density at radius 3 is 2.77 bits per heavy atom. The molecule has 0 unspecified atom stereocenters. The third-order valence-electron chi connectivity index (χ3n) is 3.70. The van der Waals surface area contributed by atoms with Gasteiger partial charge in [0, 0.05) is 13.2 Å². The molecule has 22 heavy (non-hydrogen) atoms. The lowest BCUT2D eigenvalue weighted by Gasteiger charge is -2.11. The molecule has 0 fully saturated rings. The van der Waals surface area contributed by atoms with Crippen LogP contribution in [-0.2, 0) is 6.54 Å². The molecule has 5 heteroatoms. The lowest BCUT2D eigenvalue weighted by atomic mass is 10.2. The van der Waals surface area contributed by atoms with Crippen LogP contribution in [0.1, 0.15) is 6.42 Å². The van der Waals surface area contributed by atoms with Gasteiger partial charge in [-0.1, -0.05) is 18.2 Å². The molecule has 0 saturated heterocycles. The molecule has 0 bridgehead atoms. The molecule has 0 spiro atoms. The molecule has 0 aliphatic carbocycles. The number of para-hydroxylation sites is 2. The quantitative estimate of drug-likeness (QED) is 0.710. The molecular weight excluding hydrogens is 278 g/mol. The number of aromatic nitrogens is 2. The molecule has 1 heterocycles. The van der Waals surface area contributed by atoms with Crippen molar-refractivity contribution in [1.29, 1.82) is 0 Å². The molecule has 5 nitrogen and oxygen atoms in total. The zero-order chi connectivity index (χ0) is 15.5. The number of nitrogens with two attached hydrogens (primary N) is 1. The van der Waals surface area contributed by atoms with Gasteiger partial charge in [0.15, 0.2) is 0 Å². The predicted molar refractivity (Wildman–Crippen MR) is 87.8 cm³/mol. The first-order valence-corrected chi connectivity index (χ1v) is 7.25. The fourth-order valence-corrected chi connectivity index (χ4v) is 2.66. The van der Waals surface area contributed by atoms with E-state index in [1.807, 2.05) is 42.5 Å². The van der Waals surface area contributed by atoms with E-state index in [2.05, 4.69) is 4.57 Å². The van der Waals surface area contributed by atoms with Gasteiger partial charge in [0.2, 0.25) is 0 Å². The molecule has 0 aliphatic rings. The highest BCUT2D eigenvalue weighted by atomic mass is 16.5. The summed E-state index contributed by atoms with van der Waals surface area (Å²) in [6.45, 7) is 0.803. The van der Waals surface area contributed by atoms with Crippen LogP contribution >= 0.6 is 0 Å². The Labute approximate surface area is 129 Å². The van der Waals surface area contributed by atoms with Crippen LogP contribution in [0.3, 0.4) is 0 Å². The van der Waals surface area contributed by atoms with Crippen LogP contribution in [0.15, 0.2) is 42.5 Å². The third kappa shape index (κ3) is 2.40. The number of hydrogen-bond donors (Lipinski definition) is 2. The number of anilines is 1. The van der Waals surface area contributed by atoms with E-state index in [-0.39, 0.29) is 6.61 Å². The molecule has 3 rings (SSSR count). The number of nitrogen functional groups attached to an aromatic ring is 1. The first kappa shape index (κ1) is 14.4. The van der Waals surface area contributed by atoms with Gasteiger partial charge >= 0.3 is 0 Å². The van der Waals surface area contributed by atoms with E-state index in [1.54, 1.807) is 7.11 Å². The molecule has 0 aliphatic heterocycles. The topological polar surface area (TPSA) is 73.3 Å². The van der Waals surface area contributed by atoms with Crippen molar-refractivity contribution in [3.05, 3.63) is 42.5 Å². The number of fused-ring (bicyclic) bond motifs is 1. The third-order valence-corrected chi connectivity index (χ3v) is 3.70. The molecule has 0 saturated carbocycles. The highest BCUT2D eigenvalue weighted by Crippen LogP contribution is 2.33. The van der Waals surface area contributed by atoms with Gasteiger partial charge in [-0.25, -0.2) is 4.98 Å². The number of methoxy groups -OCH3 is 1. The highest BCUT2D eigenvalue weighted by molar-refractivity contribution is 5.90. The maximum Gasteiger partial charge on any atom is 0.144 e. The number of aliphatic hydroxyl groups is 1. The van der Waals surface area contributed by atoms with Crippen molar-refractivity contribution in [1.82, 2.24) is 9.55 Å². The summed E-state index contributed by atoms with van der Waals surface area (Å²) in [6, 6.07) is 13.5. The Hall–Kier alpha value is -2.53. The fraction of sp³-hybridized carbons (Fsp3) is 0.235. The maximum atomic E-state index is 9.17. The van der Waals surface area contributed by atoms with Crippen molar-refractivity contribution >= 4 is 16.7 Å². The van der Waals surface area contributed by atoms with Gasteiger partial charge in [-0.3, -0.25) is 0 Å². The number of ether oxygens (including phenoxy) is 1. The zero-order valence-corrected chi connectivity index (χ0v) is 12.5. The lowest BCUT2D eigenvalue weighted by molar-refractivity contribution is 0.281. The highest BCUT2D eigenvalue weighted by Gasteiger charge is 2.16. The van der Waals surface area contributed by atoms with Crippen molar-refractivity contribution in [2.24, 2.45) is 0 Å². The van der Waals surface area contributed by atoms with E-state index in [9.17, 15) is 5.11 Å².